The van der Waals surface area contributed by atoms with Gasteiger partial charge in [0.15, 0.2) is 0 Å². The van der Waals surface area contributed by atoms with E-state index in [-0.39, 0.29) is 6.03 Å². The summed E-state index contributed by atoms with van der Waals surface area (Å²) in [5, 5.41) is 3.56. The first kappa shape index (κ1) is 14.7. The van der Waals surface area contributed by atoms with Gasteiger partial charge in [0.2, 0.25) is 0 Å². The number of benzene rings is 1. The number of aryl methyl sites for hydroxylation is 1. The van der Waals surface area contributed by atoms with Crippen LogP contribution in [0.15, 0.2) is 16.6 Å². The molecule has 0 saturated carbocycles. The molecular formula is C14H18BrClN2O. The maximum Gasteiger partial charge on any atom is 0.322 e. The van der Waals surface area contributed by atoms with Crippen molar-refractivity contribution in [2.45, 2.75) is 39.2 Å². The predicted octanol–water partition coefficient (Wildman–Crippen LogP) is 4.82. The van der Waals surface area contributed by atoms with Crippen molar-refractivity contribution in [2.24, 2.45) is 0 Å². The molecule has 0 radical (unpaired) electrons. The Hall–Kier alpha value is -0.740. The fourth-order valence-electron chi connectivity index (χ4n) is 2.37. The molecule has 0 bridgehead atoms. The fraction of sp³-hybridized carbons (Fsp3) is 0.500. The third-order valence-corrected chi connectivity index (χ3v) is 4.77. The van der Waals surface area contributed by atoms with E-state index in [1.807, 2.05) is 17.9 Å². The highest BCUT2D eigenvalue weighted by atomic mass is 79.9. The highest BCUT2D eigenvalue weighted by Crippen LogP contribution is 2.29. The molecule has 1 aliphatic rings. The molecule has 1 aromatic rings. The number of halogens is 2. The van der Waals surface area contributed by atoms with Crippen molar-refractivity contribution < 1.29 is 4.79 Å². The van der Waals surface area contributed by atoms with E-state index in [0.717, 1.165) is 35.1 Å². The van der Waals surface area contributed by atoms with Gasteiger partial charge in [0.05, 0.1) is 5.02 Å². The van der Waals surface area contributed by atoms with E-state index in [9.17, 15) is 4.79 Å². The molecule has 1 fully saturated rings. The van der Waals surface area contributed by atoms with Gasteiger partial charge >= 0.3 is 6.03 Å². The zero-order chi connectivity index (χ0) is 14.0. The van der Waals surface area contributed by atoms with Gasteiger partial charge in [0.25, 0.3) is 0 Å². The van der Waals surface area contributed by atoms with Crippen LogP contribution in [0.25, 0.3) is 0 Å². The molecule has 5 heteroatoms. The number of carbonyl (C=O) groups excluding carboxylic acids is 1. The summed E-state index contributed by atoms with van der Waals surface area (Å²) < 4.78 is 0.844. The van der Waals surface area contributed by atoms with Gasteiger partial charge in [-0.15, -0.1) is 0 Å². The van der Waals surface area contributed by atoms with Crippen molar-refractivity contribution in [1.29, 1.82) is 0 Å². The second-order valence-corrected chi connectivity index (χ2v) is 6.31. The number of urea groups is 1. The minimum absolute atomic E-state index is 0.0336. The molecule has 1 N–H and O–H groups in total. The summed E-state index contributed by atoms with van der Waals surface area (Å²) in [7, 11) is 0. The van der Waals surface area contributed by atoms with Gasteiger partial charge in [-0.25, -0.2) is 4.79 Å². The fourth-order valence-corrected chi connectivity index (χ4v) is 2.99. The zero-order valence-corrected chi connectivity index (χ0v) is 13.5. The van der Waals surface area contributed by atoms with Crippen LogP contribution in [0.5, 0.6) is 0 Å². The Morgan fingerprint density at radius 2 is 2.21 bits per heavy atom. The summed E-state index contributed by atoms with van der Waals surface area (Å²) in [5.41, 5.74) is 1.77. The first-order valence-corrected chi connectivity index (χ1v) is 7.69. The molecule has 2 rings (SSSR count). The number of carbonyl (C=O) groups is 1. The summed E-state index contributed by atoms with van der Waals surface area (Å²) in [6, 6.07) is 3.97. The van der Waals surface area contributed by atoms with Crippen LogP contribution in [0, 0.1) is 6.92 Å². The maximum atomic E-state index is 12.3. The van der Waals surface area contributed by atoms with E-state index in [2.05, 4.69) is 28.2 Å². The Morgan fingerprint density at radius 1 is 1.47 bits per heavy atom. The second kappa shape index (κ2) is 6.14. The van der Waals surface area contributed by atoms with Crippen molar-refractivity contribution in [2.75, 3.05) is 11.9 Å². The minimum atomic E-state index is -0.0336. The van der Waals surface area contributed by atoms with Crippen molar-refractivity contribution in [3.8, 4) is 0 Å². The zero-order valence-electron chi connectivity index (χ0n) is 11.2. The van der Waals surface area contributed by atoms with E-state index in [4.69, 9.17) is 11.6 Å². The van der Waals surface area contributed by atoms with E-state index in [1.165, 1.54) is 6.42 Å². The first-order chi connectivity index (χ1) is 8.99. The summed E-state index contributed by atoms with van der Waals surface area (Å²) >= 11 is 9.45. The molecule has 19 heavy (non-hydrogen) atoms. The third kappa shape index (κ3) is 3.42. The molecule has 0 aliphatic carbocycles. The Bertz CT molecular complexity index is 493. The minimum Gasteiger partial charge on any atom is -0.322 e. The van der Waals surface area contributed by atoms with Crippen molar-refractivity contribution >= 4 is 39.2 Å². The SMILES string of the molecule is Cc1cc(Br)c(Cl)cc1NC(=O)N1CCCCC1C. The van der Waals surface area contributed by atoms with Crippen LogP contribution in [0.1, 0.15) is 31.7 Å². The Morgan fingerprint density at radius 3 is 2.89 bits per heavy atom. The van der Waals surface area contributed by atoms with Gasteiger partial charge in [-0.05, 0) is 66.7 Å². The number of hydrogen-bond acceptors (Lipinski definition) is 1. The highest BCUT2D eigenvalue weighted by Gasteiger charge is 2.23. The molecule has 0 spiro atoms. The lowest BCUT2D eigenvalue weighted by atomic mass is 10.0. The van der Waals surface area contributed by atoms with Crippen LogP contribution >= 0.6 is 27.5 Å². The smallest absolute Gasteiger partial charge is 0.322 e. The van der Waals surface area contributed by atoms with Crippen LogP contribution < -0.4 is 5.32 Å². The molecule has 1 aliphatic heterocycles. The normalized spacial score (nSPS) is 19.4. The Labute approximate surface area is 127 Å². The van der Waals surface area contributed by atoms with Crippen molar-refractivity contribution in [3.05, 3.63) is 27.2 Å². The van der Waals surface area contributed by atoms with Gasteiger partial charge in [-0.2, -0.15) is 0 Å². The van der Waals surface area contributed by atoms with E-state index >= 15 is 0 Å². The monoisotopic (exact) mass is 344 g/mol. The number of likely N-dealkylation sites (tertiary alicyclic amines) is 1. The third-order valence-electron chi connectivity index (χ3n) is 3.57. The number of anilines is 1. The lowest BCUT2D eigenvalue weighted by molar-refractivity contribution is 0.170. The number of nitrogens with one attached hydrogen (secondary N) is 1. The van der Waals surface area contributed by atoms with Crippen LogP contribution in [0.2, 0.25) is 5.02 Å². The average molecular weight is 346 g/mol. The summed E-state index contributed by atoms with van der Waals surface area (Å²) in [6.07, 6.45) is 3.36. The van der Waals surface area contributed by atoms with Gasteiger partial charge < -0.3 is 10.2 Å². The molecule has 0 aromatic heterocycles. The molecule has 1 atom stereocenters. The largest absolute Gasteiger partial charge is 0.322 e. The number of amides is 2. The molecule has 3 nitrogen and oxygen atoms in total. The Balaban J connectivity index is 2.12. The maximum absolute atomic E-state index is 12.3. The number of hydrogen-bond donors (Lipinski definition) is 1. The topological polar surface area (TPSA) is 32.3 Å². The molecule has 1 unspecified atom stereocenters. The van der Waals surface area contributed by atoms with Crippen LogP contribution in [0.3, 0.4) is 0 Å². The standard InChI is InChI=1S/C14H18BrClN2O/c1-9-7-11(15)12(16)8-13(9)17-14(19)18-6-4-3-5-10(18)2/h7-8,10H,3-6H2,1-2H3,(H,17,19). The Kier molecular flexibility index (Phi) is 4.74. The van der Waals surface area contributed by atoms with E-state index in [0.29, 0.717) is 11.1 Å². The van der Waals surface area contributed by atoms with Gasteiger partial charge in [-0.3, -0.25) is 0 Å². The molecule has 104 valence electrons. The van der Waals surface area contributed by atoms with Gasteiger partial charge in [-0.1, -0.05) is 11.6 Å². The van der Waals surface area contributed by atoms with Crippen LogP contribution in [0.4, 0.5) is 10.5 Å². The predicted molar refractivity (Wildman–Crippen MR) is 82.9 cm³/mol. The highest BCUT2D eigenvalue weighted by molar-refractivity contribution is 9.10. The average Bonchev–Trinajstić information content (AvgIpc) is 2.36. The summed E-state index contributed by atoms with van der Waals surface area (Å²) in [6.45, 7) is 4.88. The first-order valence-electron chi connectivity index (χ1n) is 6.52. The van der Waals surface area contributed by atoms with Gasteiger partial charge in [0.1, 0.15) is 0 Å². The molecule has 1 saturated heterocycles. The number of nitrogens with zero attached hydrogens (tertiary/aromatic N) is 1. The number of piperidine rings is 1. The van der Waals surface area contributed by atoms with E-state index < -0.39 is 0 Å². The van der Waals surface area contributed by atoms with Crippen molar-refractivity contribution in [3.63, 3.8) is 0 Å². The number of rotatable bonds is 1. The summed E-state index contributed by atoms with van der Waals surface area (Å²) in [5.74, 6) is 0. The molecule has 2 amide bonds. The molecular weight excluding hydrogens is 328 g/mol. The second-order valence-electron chi connectivity index (χ2n) is 5.05. The molecule has 1 aromatic carbocycles. The summed E-state index contributed by atoms with van der Waals surface area (Å²) in [4.78, 5) is 14.2. The quantitative estimate of drug-likeness (QED) is 0.777. The lowest BCUT2D eigenvalue weighted by Crippen LogP contribution is -2.44. The lowest BCUT2D eigenvalue weighted by Gasteiger charge is -2.33. The van der Waals surface area contributed by atoms with Gasteiger partial charge in [0, 0.05) is 22.7 Å². The van der Waals surface area contributed by atoms with E-state index in [1.54, 1.807) is 6.07 Å². The van der Waals surface area contributed by atoms with Crippen LogP contribution in [-0.4, -0.2) is 23.5 Å². The van der Waals surface area contributed by atoms with Crippen LogP contribution in [-0.2, 0) is 0 Å². The van der Waals surface area contributed by atoms with Crippen molar-refractivity contribution in [1.82, 2.24) is 4.90 Å². The molecule has 1 heterocycles.